The Labute approximate surface area is 280 Å². The highest BCUT2D eigenvalue weighted by Crippen LogP contribution is 2.59. The van der Waals surface area contributed by atoms with Crippen LogP contribution in [0.15, 0.2) is 90.1 Å². The number of piperidine rings is 1. The minimum absolute atomic E-state index is 0.00267. The van der Waals surface area contributed by atoms with Crippen molar-refractivity contribution >= 4 is 27.5 Å². The van der Waals surface area contributed by atoms with Gasteiger partial charge in [0.2, 0.25) is 0 Å². The van der Waals surface area contributed by atoms with Gasteiger partial charge < -0.3 is 10.2 Å². The fourth-order valence-corrected chi connectivity index (χ4v) is 9.08. The number of anilines is 1. The summed E-state index contributed by atoms with van der Waals surface area (Å²) in [7, 11) is -4.21. The van der Waals surface area contributed by atoms with Crippen molar-refractivity contribution in [1.82, 2.24) is 20.2 Å². The standard InChI is InChI=1S/C35H31F4N5O4S/c36-24-9-11-25(12-10-24)49(47,48)44-30-13-8-23(32(45)42-21-29-26(35(37,38)39)4-3-17-41-29)20-27(30)34(31(44)22-6-7-22)14-18-43(19-15-34)33(46)28-5-1-2-16-40-28/h1-5,8-13,16-17,20,22,31H,6-7,14-15,18-19,21H2,(H,42,45). The van der Waals surface area contributed by atoms with E-state index >= 15 is 0 Å². The Balaban J connectivity index is 1.26. The average Bonchev–Trinajstić information content (AvgIpc) is 3.90. The van der Waals surface area contributed by atoms with E-state index in [9.17, 15) is 35.6 Å². The Kier molecular flexibility index (Phi) is 8.16. The van der Waals surface area contributed by atoms with E-state index < -0.39 is 51.5 Å². The summed E-state index contributed by atoms with van der Waals surface area (Å²) in [6.45, 7) is 0.134. The number of carbonyl (C=O) groups is 2. The van der Waals surface area contributed by atoms with Crippen LogP contribution in [0.5, 0.6) is 0 Å². The lowest BCUT2D eigenvalue weighted by Crippen LogP contribution is -2.54. The van der Waals surface area contributed by atoms with E-state index in [1.54, 1.807) is 35.2 Å². The van der Waals surface area contributed by atoms with Crippen molar-refractivity contribution in [1.29, 1.82) is 0 Å². The summed E-state index contributed by atoms with van der Waals surface area (Å²) in [6, 6.07) is 15.9. The molecule has 2 aromatic heterocycles. The van der Waals surface area contributed by atoms with Crippen molar-refractivity contribution in [3.05, 3.63) is 119 Å². The molecule has 2 aliphatic heterocycles. The molecule has 1 saturated heterocycles. The molecule has 14 heteroatoms. The number of rotatable bonds is 7. The van der Waals surface area contributed by atoms with Crippen LogP contribution < -0.4 is 9.62 Å². The Morgan fingerprint density at radius 2 is 1.63 bits per heavy atom. The van der Waals surface area contributed by atoms with Gasteiger partial charge in [0, 0.05) is 36.5 Å². The normalized spacial score (nSPS) is 18.7. The molecule has 49 heavy (non-hydrogen) atoms. The first kappa shape index (κ1) is 32.7. The van der Waals surface area contributed by atoms with Crippen molar-refractivity contribution in [3.63, 3.8) is 0 Å². The van der Waals surface area contributed by atoms with Gasteiger partial charge in [0.15, 0.2) is 0 Å². The first-order valence-corrected chi connectivity index (χ1v) is 17.3. The largest absolute Gasteiger partial charge is 0.418 e. The molecule has 7 rings (SSSR count). The van der Waals surface area contributed by atoms with Crippen LogP contribution in [0.3, 0.4) is 0 Å². The average molecular weight is 694 g/mol. The molecule has 4 aromatic rings. The third-order valence-corrected chi connectivity index (χ3v) is 11.5. The number of alkyl halides is 3. The number of nitrogens with zero attached hydrogens (tertiary/aromatic N) is 4. The van der Waals surface area contributed by atoms with Crippen LogP contribution in [0.2, 0.25) is 0 Å². The van der Waals surface area contributed by atoms with Crippen LogP contribution >= 0.6 is 0 Å². The first-order chi connectivity index (χ1) is 23.4. The Morgan fingerprint density at radius 1 is 0.918 bits per heavy atom. The number of carbonyl (C=O) groups excluding carboxylic acids is 2. The van der Waals surface area contributed by atoms with Crippen molar-refractivity contribution in [2.24, 2.45) is 5.92 Å². The van der Waals surface area contributed by atoms with Crippen LogP contribution in [0.1, 0.15) is 63.4 Å². The Hall–Kier alpha value is -4.85. The molecule has 3 aliphatic rings. The molecule has 2 amide bonds. The molecule has 2 aromatic carbocycles. The van der Waals surface area contributed by atoms with Crippen LogP contribution in [0.25, 0.3) is 0 Å². The number of benzene rings is 2. The lowest BCUT2D eigenvalue weighted by atomic mass is 9.68. The number of fused-ring (bicyclic) bond motifs is 2. The molecular weight excluding hydrogens is 662 g/mol. The monoisotopic (exact) mass is 693 g/mol. The molecule has 0 radical (unpaired) electrons. The van der Waals surface area contributed by atoms with Crippen molar-refractivity contribution in [2.45, 2.75) is 54.8 Å². The third-order valence-electron chi connectivity index (χ3n) is 9.73. The van der Waals surface area contributed by atoms with Crippen molar-refractivity contribution in [3.8, 4) is 0 Å². The van der Waals surface area contributed by atoms with E-state index in [-0.39, 0.29) is 28.0 Å². The Morgan fingerprint density at radius 3 is 2.29 bits per heavy atom. The fourth-order valence-electron chi connectivity index (χ4n) is 7.28. The number of pyridine rings is 2. The van der Waals surface area contributed by atoms with E-state index in [2.05, 4.69) is 15.3 Å². The lowest BCUT2D eigenvalue weighted by molar-refractivity contribution is -0.138. The highest BCUT2D eigenvalue weighted by Gasteiger charge is 2.60. The summed E-state index contributed by atoms with van der Waals surface area (Å²) in [6.07, 6.45) is 0.452. The van der Waals surface area contributed by atoms with Crippen LogP contribution in [-0.4, -0.2) is 54.2 Å². The van der Waals surface area contributed by atoms with Gasteiger partial charge in [-0.3, -0.25) is 23.9 Å². The molecule has 4 heterocycles. The number of amides is 2. The maximum Gasteiger partial charge on any atom is 0.418 e. The van der Waals surface area contributed by atoms with Gasteiger partial charge in [-0.05, 0) is 104 Å². The molecule has 1 unspecified atom stereocenters. The van der Waals surface area contributed by atoms with Gasteiger partial charge in [0.25, 0.3) is 21.8 Å². The lowest BCUT2D eigenvalue weighted by Gasteiger charge is -2.45. The first-order valence-electron chi connectivity index (χ1n) is 15.8. The van der Waals surface area contributed by atoms with Crippen LogP contribution in [-0.2, 0) is 28.2 Å². The SMILES string of the molecule is O=C(NCc1ncccc1C(F)(F)F)c1ccc2c(c1)C1(CCN(C(=O)c3ccccn3)CC1)C(C1CC1)N2S(=O)(=O)c1ccc(F)cc1. The molecule has 2 fully saturated rings. The Bertz CT molecular complexity index is 2010. The van der Waals surface area contributed by atoms with Gasteiger partial charge >= 0.3 is 6.18 Å². The number of nitrogens with one attached hydrogen (secondary N) is 1. The third kappa shape index (κ3) is 5.91. The predicted molar refractivity (Wildman–Crippen MR) is 170 cm³/mol. The summed E-state index contributed by atoms with van der Waals surface area (Å²) in [5, 5.41) is 2.54. The van der Waals surface area contributed by atoms with Crippen molar-refractivity contribution < 1.29 is 35.6 Å². The number of aromatic nitrogens is 2. The highest BCUT2D eigenvalue weighted by atomic mass is 32.2. The van der Waals surface area contributed by atoms with Gasteiger partial charge in [-0.2, -0.15) is 13.2 Å². The number of likely N-dealkylation sites (tertiary alicyclic amines) is 1. The number of hydrogen-bond donors (Lipinski definition) is 1. The summed E-state index contributed by atoms with van der Waals surface area (Å²) in [5.74, 6) is -1.47. The van der Waals surface area contributed by atoms with E-state index in [0.717, 1.165) is 31.0 Å². The number of hydrogen-bond acceptors (Lipinski definition) is 6. The molecule has 1 N–H and O–H groups in total. The van der Waals surface area contributed by atoms with Gasteiger partial charge in [0.1, 0.15) is 11.5 Å². The summed E-state index contributed by atoms with van der Waals surface area (Å²) >= 11 is 0. The van der Waals surface area contributed by atoms with Gasteiger partial charge in [-0.15, -0.1) is 0 Å². The summed E-state index contributed by atoms with van der Waals surface area (Å²) in [4.78, 5) is 36.4. The topological polar surface area (TPSA) is 113 Å². The molecular formula is C35H31F4N5O4S. The maximum atomic E-state index is 14.4. The molecule has 0 bridgehead atoms. The van der Waals surface area contributed by atoms with E-state index in [0.29, 0.717) is 42.9 Å². The molecule has 1 aliphatic carbocycles. The molecule has 9 nitrogen and oxygen atoms in total. The zero-order chi connectivity index (χ0) is 34.6. The predicted octanol–water partition coefficient (Wildman–Crippen LogP) is 5.73. The van der Waals surface area contributed by atoms with Crippen molar-refractivity contribution in [2.75, 3.05) is 17.4 Å². The van der Waals surface area contributed by atoms with Gasteiger partial charge in [0.05, 0.1) is 34.4 Å². The molecule has 254 valence electrons. The maximum absolute atomic E-state index is 14.4. The summed E-state index contributed by atoms with van der Waals surface area (Å²) < 4.78 is 84.7. The van der Waals surface area contributed by atoms with Gasteiger partial charge in [-0.1, -0.05) is 6.07 Å². The zero-order valence-electron chi connectivity index (χ0n) is 26.0. The summed E-state index contributed by atoms with van der Waals surface area (Å²) in [5.41, 5.74) is -0.644. The minimum atomic E-state index is -4.65. The quantitative estimate of drug-likeness (QED) is 0.248. The second-order valence-electron chi connectivity index (χ2n) is 12.6. The second kappa shape index (κ2) is 12.2. The van der Waals surface area contributed by atoms with Crippen LogP contribution in [0, 0.1) is 11.7 Å². The highest BCUT2D eigenvalue weighted by molar-refractivity contribution is 7.92. The van der Waals surface area contributed by atoms with E-state index in [4.69, 9.17) is 0 Å². The van der Waals surface area contributed by atoms with Crippen LogP contribution in [0.4, 0.5) is 23.2 Å². The molecule has 1 atom stereocenters. The minimum Gasteiger partial charge on any atom is -0.346 e. The smallest absolute Gasteiger partial charge is 0.346 e. The molecule has 1 saturated carbocycles. The number of halogens is 4. The zero-order valence-corrected chi connectivity index (χ0v) is 26.8. The molecule has 1 spiro atoms. The second-order valence-corrected chi connectivity index (χ2v) is 14.4. The number of sulfonamides is 1. The van der Waals surface area contributed by atoms with E-state index in [1.165, 1.54) is 41.0 Å². The fraction of sp³-hybridized carbons (Fsp3) is 0.314. The van der Waals surface area contributed by atoms with Gasteiger partial charge in [-0.25, -0.2) is 12.8 Å². The van der Waals surface area contributed by atoms with E-state index in [1.807, 2.05) is 0 Å².